The molecule has 1 aliphatic rings. The molecule has 1 aliphatic carbocycles. The van der Waals surface area contributed by atoms with Gasteiger partial charge in [0.2, 0.25) is 5.91 Å². The zero-order valence-electron chi connectivity index (χ0n) is 23.0. The van der Waals surface area contributed by atoms with Gasteiger partial charge < -0.3 is 9.88 Å². The molecule has 5 rings (SSSR count). The fourth-order valence-corrected chi connectivity index (χ4v) is 7.20. The molecular formula is C31H30F3N3O4S. The van der Waals surface area contributed by atoms with Crippen LogP contribution in [0.25, 0.3) is 10.9 Å². The van der Waals surface area contributed by atoms with Crippen LogP contribution >= 0.6 is 0 Å². The summed E-state index contributed by atoms with van der Waals surface area (Å²) in [5, 5.41) is 3.90. The Kier molecular flexibility index (Phi) is 7.42. The van der Waals surface area contributed by atoms with Crippen molar-refractivity contribution in [3.05, 3.63) is 102 Å². The normalized spacial score (nSPS) is 20.6. The lowest BCUT2D eigenvalue weighted by molar-refractivity contribution is -0.137. The first-order chi connectivity index (χ1) is 19.7. The number of halogens is 3. The molecule has 0 radical (unpaired) electrons. The number of nitrogens with zero attached hydrogens (tertiary/aromatic N) is 1. The van der Waals surface area contributed by atoms with Crippen molar-refractivity contribution in [3.8, 4) is 0 Å². The van der Waals surface area contributed by atoms with Crippen LogP contribution in [-0.2, 0) is 27.5 Å². The Hall–Kier alpha value is -4.12. The van der Waals surface area contributed by atoms with E-state index < -0.39 is 38.6 Å². The number of carbonyl (C=O) groups excluding carboxylic acids is 2. The Bertz CT molecular complexity index is 1740. The van der Waals surface area contributed by atoms with E-state index in [4.69, 9.17) is 0 Å². The van der Waals surface area contributed by atoms with Gasteiger partial charge in [0.1, 0.15) is 0 Å². The van der Waals surface area contributed by atoms with Crippen LogP contribution in [0.1, 0.15) is 54.6 Å². The topological polar surface area (TPSA) is 97.3 Å². The van der Waals surface area contributed by atoms with Gasteiger partial charge in [-0.2, -0.15) is 13.2 Å². The smallest absolute Gasteiger partial charge is 0.347 e. The maximum Gasteiger partial charge on any atom is 0.416 e. The highest BCUT2D eigenvalue weighted by atomic mass is 32.2. The molecule has 3 aromatic carbocycles. The molecule has 0 saturated heterocycles. The van der Waals surface area contributed by atoms with E-state index in [1.54, 1.807) is 36.5 Å². The van der Waals surface area contributed by atoms with Crippen molar-refractivity contribution in [1.29, 1.82) is 0 Å². The van der Waals surface area contributed by atoms with Crippen LogP contribution < -0.4 is 10.0 Å². The standard InChI is InChI=1S/C31H30F3N3O4S/c1-29(17-26(38)36-42(40,41)24-8-4-3-5-9-24)19-30(2,20-29)35-28(39)25-10-6-7-22-15-16-37(27(22)25)18-21-11-13-23(14-12-21)31(32,33)34/h3-16H,17-20H2,1-2H3,(H,35,39)(H,36,38). The Morgan fingerprint density at radius 2 is 1.57 bits per heavy atom. The van der Waals surface area contributed by atoms with E-state index in [2.05, 4.69) is 10.0 Å². The van der Waals surface area contributed by atoms with E-state index in [-0.39, 0.29) is 23.8 Å². The minimum atomic E-state index is -4.42. The Balaban J connectivity index is 1.25. The second kappa shape index (κ2) is 10.6. The lowest BCUT2D eigenvalue weighted by Crippen LogP contribution is -2.60. The molecule has 0 spiro atoms. The number of benzene rings is 3. The summed E-state index contributed by atoms with van der Waals surface area (Å²) in [6.45, 7) is 4.04. The molecule has 0 aliphatic heterocycles. The number of nitrogens with one attached hydrogen (secondary N) is 2. The number of rotatable bonds is 8. The van der Waals surface area contributed by atoms with Crippen molar-refractivity contribution in [2.45, 2.75) is 56.3 Å². The van der Waals surface area contributed by atoms with Crippen molar-refractivity contribution in [1.82, 2.24) is 14.6 Å². The summed E-state index contributed by atoms with van der Waals surface area (Å²) in [7, 11) is -3.97. The summed E-state index contributed by atoms with van der Waals surface area (Å²) in [6.07, 6.45) is -1.71. The average molecular weight is 598 g/mol. The first-order valence-electron chi connectivity index (χ1n) is 13.3. The third-order valence-electron chi connectivity index (χ3n) is 7.61. The first kappa shape index (κ1) is 29.4. The molecule has 1 heterocycles. The molecule has 1 fully saturated rings. The number of alkyl halides is 3. The second-order valence-electron chi connectivity index (χ2n) is 11.6. The van der Waals surface area contributed by atoms with E-state index in [9.17, 15) is 31.2 Å². The van der Waals surface area contributed by atoms with Gasteiger partial charge in [-0.05, 0) is 67.1 Å². The van der Waals surface area contributed by atoms with Crippen LogP contribution in [-0.4, -0.2) is 30.3 Å². The third-order valence-corrected chi connectivity index (χ3v) is 8.99. The van der Waals surface area contributed by atoms with E-state index in [0.717, 1.165) is 17.5 Å². The van der Waals surface area contributed by atoms with E-state index in [1.165, 1.54) is 24.3 Å². The SMILES string of the molecule is CC1(CC(=O)NS(=O)(=O)c2ccccc2)CC(C)(NC(=O)c2cccc3ccn(Cc4ccc(C(F)(F)F)cc4)c23)C1. The zero-order valence-corrected chi connectivity index (χ0v) is 23.9. The number of hydrogen-bond donors (Lipinski definition) is 2. The second-order valence-corrected chi connectivity index (χ2v) is 13.3. The Morgan fingerprint density at radius 1 is 0.905 bits per heavy atom. The van der Waals surface area contributed by atoms with Gasteiger partial charge >= 0.3 is 6.18 Å². The molecule has 0 bridgehead atoms. The van der Waals surface area contributed by atoms with Gasteiger partial charge in [0, 0.05) is 30.1 Å². The lowest BCUT2D eigenvalue weighted by atomic mass is 9.57. The Morgan fingerprint density at radius 3 is 2.21 bits per heavy atom. The number of amides is 2. The van der Waals surface area contributed by atoms with Gasteiger partial charge in [-0.1, -0.05) is 49.4 Å². The van der Waals surface area contributed by atoms with E-state index in [1.807, 2.05) is 30.5 Å². The highest BCUT2D eigenvalue weighted by molar-refractivity contribution is 7.90. The van der Waals surface area contributed by atoms with Crippen LogP contribution in [0.4, 0.5) is 13.2 Å². The largest absolute Gasteiger partial charge is 0.416 e. The molecule has 1 aromatic heterocycles. The van der Waals surface area contributed by atoms with Crippen molar-refractivity contribution in [2.75, 3.05) is 0 Å². The van der Waals surface area contributed by atoms with Crippen LogP contribution in [0.5, 0.6) is 0 Å². The first-order valence-corrected chi connectivity index (χ1v) is 14.8. The molecule has 4 aromatic rings. The molecule has 42 heavy (non-hydrogen) atoms. The van der Waals surface area contributed by atoms with E-state index >= 15 is 0 Å². The number of hydrogen-bond acceptors (Lipinski definition) is 4. The predicted octanol–water partition coefficient (Wildman–Crippen LogP) is 5.89. The molecule has 2 amide bonds. The maximum atomic E-state index is 13.5. The van der Waals surface area contributed by atoms with E-state index in [0.29, 0.717) is 29.5 Å². The van der Waals surface area contributed by atoms with Crippen LogP contribution in [0, 0.1) is 5.41 Å². The minimum absolute atomic E-state index is 0.00598. The quantitative estimate of drug-likeness (QED) is 0.265. The van der Waals surface area contributed by atoms with Gasteiger partial charge in [-0.25, -0.2) is 13.1 Å². The number of carbonyl (C=O) groups is 2. The molecule has 1 saturated carbocycles. The van der Waals surface area contributed by atoms with Crippen molar-refractivity contribution in [3.63, 3.8) is 0 Å². The summed E-state index contributed by atoms with van der Waals surface area (Å²) in [5.74, 6) is -0.922. The fourth-order valence-electron chi connectivity index (χ4n) is 6.19. The minimum Gasteiger partial charge on any atom is -0.347 e. The molecular weight excluding hydrogens is 567 g/mol. The highest BCUT2D eigenvalue weighted by Crippen LogP contribution is 2.50. The molecule has 7 nitrogen and oxygen atoms in total. The summed E-state index contributed by atoms with van der Waals surface area (Å²) in [4.78, 5) is 26.1. The number of aromatic nitrogens is 1. The van der Waals surface area contributed by atoms with Crippen LogP contribution in [0.2, 0.25) is 0 Å². The predicted molar refractivity (Wildman–Crippen MR) is 152 cm³/mol. The number of fused-ring (bicyclic) bond motifs is 1. The molecule has 11 heteroatoms. The van der Waals surface area contributed by atoms with Gasteiger partial charge in [0.05, 0.1) is 21.5 Å². The molecule has 220 valence electrons. The summed E-state index contributed by atoms with van der Waals surface area (Å²) in [5.41, 5.74) is -0.105. The van der Waals surface area contributed by atoms with Gasteiger partial charge in [0.25, 0.3) is 15.9 Å². The van der Waals surface area contributed by atoms with Gasteiger partial charge in [0.15, 0.2) is 0 Å². The monoisotopic (exact) mass is 597 g/mol. The highest BCUT2D eigenvalue weighted by Gasteiger charge is 2.50. The number of para-hydroxylation sites is 1. The lowest BCUT2D eigenvalue weighted by Gasteiger charge is -2.53. The van der Waals surface area contributed by atoms with Gasteiger partial charge in [-0.3, -0.25) is 9.59 Å². The number of sulfonamides is 1. The average Bonchev–Trinajstić information content (AvgIpc) is 3.30. The van der Waals surface area contributed by atoms with Crippen molar-refractivity contribution < 1.29 is 31.2 Å². The summed E-state index contributed by atoms with van der Waals surface area (Å²) in [6, 6.07) is 19.8. The summed E-state index contributed by atoms with van der Waals surface area (Å²) >= 11 is 0. The molecule has 0 atom stereocenters. The van der Waals surface area contributed by atoms with Gasteiger partial charge in [-0.15, -0.1) is 0 Å². The maximum absolute atomic E-state index is 13.5. The van der Waals surface area contributed by atoms with Crippen molar-refractivity contribution >= 4 is 32.7 Å². The van der Waals surface area contributed by atoms with Crippen LogP contribution in [0.15, 0.2) is 90.0 Å². The van der Waals surface area contributed by atoms with Crippen LogP contribution in [0.3, 0.4) is 0 Å². The third kappa shape index (κ3) is 6.20. The molecule has 0 unspecified atom stereocenters. The molecule has 2 N–H and O–H groups in total. The Labute approximate surface area is 241 Å². The van der Waals surface area contributed by atoms with Crippen molar-refractivity contribution in [2.24, 2.45) is 5.41 Å². The zero-order chi connectivity index (χ0) is 30.3. The fraction of sp³-hybridized carbons (Fsp3) is 0.290. The summed E-state index contributed by atoms with van der Waals surface area (Å²) < 4.78 is 67.9.